The Morgan fingerprint density at radius 1 is 0.882 bits per heavy atom. The molecule has 0 aliphatic rings. The Kier molecular flexibility index (Phi) is 6.33. The third-order valence-corrected chi connectivity index (χ3v) is 6.89. The number of hydrogen-bond donors (Lipinski definition) is 0. The van der Waals surface area contributed by atoms with Crippen molar-refractivity contribution >= 4 is 15.8 Å². The zero-order valence-electron chi connectivity index (χ0n) is 18.5. The quantitative estimate of drug-likeness (QED) is 0.361. The first-order valence-corrected chi connectivity index (χ1v) is 11.5. The van der Waals surface area contributed by atoms with Gasteiger partial charge >= 0.3 is 5.97 Å². The summed E-state index contributed by atoms with van der Waals surface area (Å²) in [7, 11) is 0.330. The van der Waals surface area contributed by atoms with Crippen LogP contribution in [0.25, 0.3) is 22.8 Å². The molecule has 0 aliphatic carbocycles. The second-order valence-corrected chi connectivity index (χ2v) is 8.92. The molecule has 0 N–H and O–H groups in total. The number of sulfone groups is 1. The molecule has 0 fully saturated rings. The van der Waals surface area contributed by atoms with Gasteiger partial charge in [0.2, 0.25) is 15.7 Å². The zero-order valence-corrected chi connectivity index (χ0v) is 19.3. The molecule has 0 radical (unpaired) electrons. The first-order chi connectivity index (χ1) is 16.4. The Morgan fingerprint density at radius 3 is 2.29 bits per heavy atom. The fourth-order valence-corrected chi connectivity index (χ4v) is 4.77. The fraction of sp³-hybridized carbons (Fsp3) is 0.125. The Bertz CT molecular complexity index is 1440. The number of benzene rings is 3. The largest absolute Gasteiger partial charge is 0.497 e. The number of aromatic nitrogens is 2. The molecule has 174 valence electrons. The van der Waals surface area contributed by atoms with Gasteiger partial charge in [0.05, 0.1) is 47.8 Å². The van der Waals surface area contributed by atoms with Crippen molar-refractivity contribution in [1.82, 2.24) is 10.1 Å². The standard InChI is InChI=1S/C24H20N2O7S/c1-30-16-10-13-20(31-2)19(14-16)22-25-23(33-26-22)18-6-4-5-7-21(18)34(28,29)17-11-8-15(9-12-17)24(27)32-3/h4-14H,1-3H3. The fourth-order valence-electron chi connectivity index (χ4n) is 3.32. The van der Waals surface area contributed by atoms with Gasteiger partial charge in [-0.3, -0.25) is 0 Å². The normalized spacial score (nSPS) is 11.1. The van der Waals surface area contributed by atoms with Crippen molar-refractivity contribution in [3.05, 3.63) is 72.3 Å². The maximum Gasteiger partial charge on any atom is 0.337 e. The average molecular weight is 480 g/mol. The van der Waals surface area contributed by atoms with E-state index in [4.69, 9.17) is 14.0 Å². The van der Waals surface area contributed by atoms with Crippen molar-refractivity contribution in [3.8, 4) is 34.3 Å². The van der Waals surface area contributed by atoms with Crippen LogP contribution in [-0.2, 0) is 14.6 Å². The maximum atomic E-state index is 13.4. The van der Waals surface area contributed by atoms with Gasteiger partial charge in [0, 0.05) is 0 Å². The summed E-state index contributed by atoms with van der Waals surface area (Å²) in [5.74, 6) is 0.738. The van der Waals surface area contributed by atoms with Crippen LogP contribution in [0.1, 0.15) is 10.4 Å². The van der Waals surface area contributed by atoms with Crippen molar-refractivity contribution in [2.45, 2.75) is 9.79 Å². The lowest BCUT2D eigenvalue weighted by Crippen LogP contribution is -2.06. The molecule has 0 saturated carbocycles. The molecule has 0 spiro atoms. The molecule has 0 amide bonds. The molecule has 4 aromatic rings. The van der Waals surface area contributed by atoms with Gasteiger partial charge in [0.1, 0.15) is 11.5 Å². The highest BCUT2D eigenvalue weighted by atomic mass is 32.2. The number of methoxy groups -OCH3 is 3. The number of esters is 1. The first kappa shape index (κ1) is 23.0. The van der Waals surface area contributed by atoms with E-state index < -0.39 is 15.8 Å². The summed E-state index contributed by atoms with van der Waals surface area (Å²) in [6.45, 7) is 0. The SMILES string of the molecule is COC(=O)c1ccc(S(=O)(=O)c2ccccc2-c2nc(-c3cc(OC)ccc3OC)no2)cc1. The highest BCUT2D eigenvalue weighted by Gasteiger charge is 2.25. The molecule has 9 nitrogen and oxygen atoms in total. The number of ether oxygens (including phenoxy) is 3. The molecule has 1 heterocycles. The monoisotopic (exact) mass is 480 g/mol. The summed E-state index contributed by atoms with van der Waals surface area (Å²) < 4.78 is 47.5. The molecule has 34 heavy (non-hydrogen) atoms. The molecule has 3 aromatic carbocycles. The van der Waals surface area contributed by atoms with Crippen LogP contribution in [0, 0.1) is 0 Å². The van der Waals surface area contributed by atoms with Gasteiger partial charge in [-0.1, -0.05) is 17.3 Å². The topological polar surface area (TPSA) is 118 Å². The number of rotatable bonds is 7. The van der Waals surface area contributed by atoms with Gasteiger partial charge < -0.3 is 18.7 Å². The summed E-state index contributed by atoms with van der Waals surface area (Å²) in [5.41, 5.74) is 0.999. The second-order valence-electron chi connectivity index (χ2n) is 7.00. The van der Waals surface area contributed by atoms with E-state index in [1.54, 1.807) is 36.4 Å². The van der Waals surface area contributed by atoms with Crippen LogP contribution < -0.4 is 9.47 Å². The van der Waals surface area contributed by atoms with Crippen molar-refractivity contribution in [2.75, 3.05) is 21.3 Å². The lowest BCUT2D eigenvalue weighted by Gasteiger charge is -2.09. The second kappa shape index (κ2) is 9.36. The van der Waals surface area contributed by atoms with Crippen LogP contribution in [0.5, 0.6) is 11.5 Å². The Hall–Kier alpha value is -4.18. The molecule has 0 aliphatic heterocycles. The number of hydrogen-bond acceptors (Lipinski definition) is 9. The van der Waals surface area contributed by atoms with Crippen LogP contribution >= 0.6 is 0 Å². The molecule has 0 bridgehead atoms. The van der Waals surface area contributed by atoms with Gasteiger partial charge in [-0.25, -0.2) is 13.2 Å². The smallest absolute Gasteiger partial charge is 0.337 e. The lowest BCUT2D eigenvalue weighted by atomic mass is 10.1. The van der Waals surface area contributed by atoms with E-state index in [2.05, 4.69) is 14.9 Å². The summed E-state index contributed by atoms with van der Waals surface area (Å²) in [6.07, 6.45) is 0. The third-order valence-electron chi connectivity index (χ3n) is 5.07. The van der Waals surface area contributed by atoms with E-state index in [9.17, 15) is 13.2 Å². The van der Waals surface area contributed by atoms with Gasteiger partial charge in [-0.2, -0.15) is 4.98 Å². The minimum absolute atomic E-state index is 0.00167. The van der Waals surface area contributed by atoms with Crippen molar-refractivity contribution < 1.29 is 31.9 Å². The number of carbonyl (C=O) groups excluding carboxylic acids is 1. The van der Waals surface area contributed by atoms with Crippen molar-refractivity contribution in [2.24, 2.45) is 0 Å². The molecule has 10 heteroatoms. The predicted molar refractivity (Wildman–Crippen MR) is 122 cm³/mol. The van der Waals surface area contributed by atoms with E-state index in [-0.39, 0.29) is 32.6 Å². The summed E-state index contributed by atoms with van der Waals surface area (Å²) in [6, 6.07) is 16.9. The highest BCUT2D eigenvalue weighted by molar-refractivity contribution is 7.91. The maximum absolute atomic E-state index is 13.4. The molecule has 0 saturated heterocycles. The number of nitrogens with zero attached hydrogens (tertiary/aromatic N) is 2. The molecular formula is C24H20N2O7S. The highest BCUT2D eigenvalue weighted by Crippen LogP contribution is 2.35. The first-order valence-electron chi connectivity index (χ1n) is 9.98. The van der Waals surface area contributed by atoms with Crippen LogP contribution in [0.4, 0.5) is 0 Å². The van der Waals surface area contributed by atoms with Crippen LogP contribution in [-0.4, -0.2) is 45.9 Å². The summed E-state index contributed by atoms with van der Waals surface area (Å²) in [4.78, 5) is 16.1. The Labute approximate surface area is 195 Å². The van der Waals surface area contributed by atoms with E-state index in [1.165, 1.54) is 51.7 Å². The Balaban J connectivity index is 1.76. The van der Waals surface area contributed by atoms with Gasteiger partial charge in [0.15, 0.2) is 0 Å². The zero-order chi connectivity index (χ0) is 24.3. The van der Waals surface area contributed by atoms with Crippen LogP contribution in [0.3, 0.4) is 0 Å². The van der Waals surface area contributed by atoms with Gasteiger partial charge in [-0.05, 0) is 54.6 Å². The summed E-state index contributed by atoms with van der Waals surface area (Å²) in [5, 5.41) is 4.02. The number of carbonyl (C=O) groups is 1. The lowest BCUT2D eigenvalue weighted by molar-refractivity contribution is 0.0600. The van der Waals surface area contributed by atoms with E-state index in [0.717, 1.165) is 0 Å². The van der Waals surface area contributed by atoms with Crippen molar-refractivity contribution in [3.63, 3.8) is 0 Å². The predicted octanol–water partition coefficient (Wildman–Crippen LogP) is 4.04. The van der Waals surface area contributed by atoms with E-state index in [1.807, 2.05) is 0 Å². The Morgan fingerprint density at radius 2 is 1.62 bits per heavy atom. The minimum Gasteiger partial charge on any atom is -0.497 e. The van der Waals surface area contributed by atoms with Crippen molar-refractivity contribution in [1.29, 1.82) is 0 Å². The van der Waals surface area contributed by atoms with Gasteiger partial charge in [0.25, 0.3) is 5.89 Å². The molecule has 4 rings (SSSR count). The molecular weight excluding hydrogens is 460 g/mol. The van der Waals surface area contributed by atoms with Crippen LogP contribution in [0.2, 0.25) is 0 Å². The molecule has 1 aromatic heterocycles. The average Bonchev–Trinajstić information content (AvgIpc) is 3.38. The third kappa shape index (κ3) is 4.23. The van der Waals surface area contributed by atoms with Gasteiger partial charge in [-0.15, -0.1) is 0 Å². The van der Waals surface area contributed by atoms with E-state index in [0.29, 0.717) is 17.1 Å². The van der Waals surface area contributed by atoms with Crippen LogP contribution in [0.15, 0.2) is 81.0 Å². The minimum atomic E-state index is -3.97. The molecule has 0 unspecified atom stereocenters. The molecule has 0 atom stereocenters. The summed E-state index contributed by atoms with van der Waals surface area (Å²) >= 11 is 0. The van der Waals surface area contributed by atoms with E-state index >= 15 is 0 Å².